The summed E-state index contributed by atoms with van der Waals surface area (Å²) in [5.74, 6) is 0. The molecule has 2 heterocycles. The largest absolute Gasteiger partial charge is 0.381 e. The van der Waals surface area contributed by atoms with Crippen LogP contribution in [0.2, 0.25) is 0 Å². The zero-order valence-corrected chi connectivity index (χ0v) is 25.7. The number of ether oxygens (including phenoxy) is 1. The highest BCUT2D eigenvalue weighted by molar-refractivity contribution is 9.09. The number of halogens is 1. The number of rotatable bonds is 13. The molecule has 0 spiro atoms. The van der Waals surface area contributed by atoms with E-state index in [1.54, 1.807) is 0 Å². The van der Waals surface area contributed by atoms with E-state index in [0.29, 0.717) is 6.04 Å². The first-order valence-electron chi connectivity index (χ1n) is 15.1. The van der Waals surface area contributed by atoms with Gasteiger partial charge in [-0.2, -0.15) is 0 Å². The van der Waals surface area contributed by atoms with Crippen molar-refractivity contribution < 1.29 is 4.74 Å². The maximum atomic E-state index is 5.71. The van der Waals surface area contributed by atoms with Crippen molar-refractivity contribution in [2.24, 2.45) is 0 Å². The van der Waals surface area contributed by atoms with E-state index in [4.69, 9.17) is 4.74 Å². The van der Waals surface area contributed by atoms with E-state index in [0.717, 1.165) is 57.1 Å². The fraction of sp³-hybridized carbons (Fsp3) is 0.636. The van der Waals surface area contributed by atoms with Crippen molar-refractivity contribution in [3.8, 4) is 0 Å². The highest BCUT2D eigenvalue weighted by Crippen LogP contribution is 2.21. The third kappa shape index (κ3) is 12.3. The van der Waals surface area contributed by atoms with Gasteiger partial charge >= 0.3 is 0 Å². The molecule has 5 heteroatoms. The number of piperidine rings is 2. The number of alkyl halides is 1. The first-order chi connectivity index (χ1) is 18.7. The van der Waals surface area contributed by atoms with Gasteiger partial charge in [0, 0.05) is 50.3 Å². The van der Waals surface area contributed by atoms with E-state index in [-0.39, 0.29) is 0 Å². The van der Waals surface area contributed by atoms with Gasteiger partial charge in [-0.3, -0.25) is 14.7 Å². The molecule has 0 unspecified atom stereocenters. The first-order valence-corrected chi connectivity index (χ1v) is 16.2. The molecule has 0 radical (unpaired) electrons. The Kier molecular flexibility index (Phi) is 15.6. The molecule has 0 aromatic heterocycles. The van der Waals surface area contributed by atoms with E-state index < -0.39 is 0 Å². The SMILES string of the molecule is CC(C)N(CCCOCCCBr)C1CCN(Cc2ccccc2)CC1.c1ccc(CN2CCCCC2)cc1. The third-order valence-corrected chi connectivity index (χ3v) is 8.32. The monoisotopic (exact) mass is 585 g/mol. The maximum absolute atomic E-state index is 5.71. The van der Waals surface area contributed by atoms with Crippen LogP contribution in [-0.2, 0) is 17.8 Å². The van der Waals surface area contributed by atoms with Crippen molar-refractivity contribution >= 4 is 15.9 Å². The summed E-state index contributed by atoms with van der Waals surface area (Å²) >= 11 is 3.45. The van der Waals surface area contributed by atoms with Crippen LogP contribution >= 0.6 is 15.9 Å². The van der Waals surface area contributed by atoms with Crippen LogP contribution < -0.4 is 0 Å². The zero-order valence-electron chi connectivity index (χ0n) is 24.1. The van der Waals surface area contributed by atoms with Crippen molar-refractivity contribution in [3.63, 3.8) is 0 Å². The van der Waals surface area contributed by atoms with Crippen molar-refractivity contribution in [2.75, 3.05) is 51.3 Å². The fourth-order valence-electron chi connectivity index (χ4n) is 5.68. The smallest absolute Gasteiger partial charge is 0.0478 e. The highest BCUT2D eigenvalue weighted by Gasteiger charge is 2.25. The van der Waals surface area contributed by atoms with Crippen molar-refractivity contribution in [1.29, 1.82) is 0 Å². The number of hydrogen-bond acceptors (Lipinski definition) is 4. The second kappa shape index (κ2) is 18.9. The van der Waals surface area contributed by atoms with Crippen molar-refractivity contribution in [2.45, 2.75) is 84.0 Å². The Bertz CT molecular complexity index is 821. The summed E-state index contributed by atoms with van der Waals surface area (Å²) in [5.41, 5.74) is 2.88. The molecule has 0 N–H and O–H groups in total. The minimum Gasteiger partial charge on any atom is -0.381 e. The molecular weight excluding hydrogens is 534 g/mol. The predicted molar refractivity (Wildman–Crippen MR) is 166 cm³/mol. The Morgan fingerprint density at radius 1 is 0.763 bits per heavy atom. The lowest BCUT2D eigenvalue weighted by molar-refractivity contribution is 0.0658. The van der Waals surface area contributed by atoms with Gasteiger partial charge in [-0.1, -0.05) is 83.0 Å². The van der Waals surface area contributed by atoms with Crippen LogP contribution in [0.5, 0.6) is 0 Å². The lowest BCUT2D eigenvalue weighted by atomic mass is 10.0. The quantitative estimate of drug-likeness (QED) is 0.182. The van der Waals surface area contributed by atoms with Crippen LogP contribution in [0.4, 0.5) is 0 Å². The molecule has 0 amide bonds. The molecule has 0 aliphatic carbocycles. The molecular formula is C33H52BrN3O. The molecule has 2 aromatic carbocycles. The molecule has 212 valence electrons. The second-order valence-electron chi connectivity index (χ2n) is 11.2. The number of nitrogens with zero attached hydrogens (tertiary/aromatic N) is 3. The summed E-state index contributed by atoms with van der Waals surface area (Å²) < 4.78 is 5.71. The lowest BCUT2D eigenvalue weighted by Crippen LogP contribution is -2.47. The van der Waals surface area contributed by atoms with Gasteiger partial charge in [0.1, 0.15) is 0 Å². The Hall–Kier alpha value is -1.24. The van der Waals surface area contributed by atoms with Gasteiger partial charge in [0.05, 0.1) is 0 Å². The lowest BCUT2D eigenvalue weighted by Gasteiger charge is -2.40. The summed E-state index contributed by atoms with van der Waals surface area (Å²) in [6.07, 6.45) is 9.01. The molecule has 4 rings (SSSR count). The van der Waals surface area contributed by atoms with E-state index in [2.05, 4.69) is 105 Å². The molecule has 0 atom stereocenters. The van der Waals surface area contributed by atoms with Crippen LogP contribution in [0, 0.1) is 0 Å². The predicted octanol–water partition coefficient (Wildman–Crippen LogP) is 7.23. The minimum atomic E-state index is 0.619. The molecule has 2 aliphatic rings. The van der Waals surface area contributed by atoms with Gasteiger partial charge in [-0.05, 0) is 89.7 Å². The molecule has 2 saturated heterocycles. The van der Waals surface area contributed by atoms with Gasteiger partial charge in [0.25, 0.3) is 0 Å². The number of likely N-dealkylation sites (tertiary alicyclic amines) is 2. The van der Waals surface area contributed by atoms with E-state index >= 15 is 0 Å². The van der Waals surface area contributed by atoms with Crippen LogP contribution in [-0.4, -0.2) is 78.1 Å². The van der Waals surface area contributed by atoms with E-state index in [1.807, 2.05) is 0 Å². The van der Waals surface area contributed by atoms with Crippen LogP contribution in [0.25, 0.3) is 0 Å². The molecule has 0 bridgehead atoms. The standard InChI is InChI=1S/C21H35BrN2O.C12H17N/c1-19(2)24(13-7-17-25-16-6-12-22)21-10-14-23(15-11-21)18-20-8-4-3-5-9-20;1-3-7-12(8-4-1)11-13-9-5-2-6-10-13/h3-5,8-9,19,21H,6-7,10-18H2,1-2H3;1,3-4,7-8H,2,5-6,9-11H2. The molecule has 2 aromatic rings. The summed E-state index contributed by atoms with van der Waals surface area (Å²) in [6.45, 7) is 14.8. The minimum absolute atomic E-state index is 0.619. The summed E-state index contributed by atoms with van der Waals surface area (Å²) in [6, 6.07) is 23.0. The van der Waals surface area contributed by atoms with Gasteiger partial charge in [-0.25, -0.2) is 0 Å². The summed E-state index contributed by atoms with van der Waals surface area (Å²) in [7, 11) is 0. The fourth-order valence-corrected chi connectivity index (χ4v) is 5.91. The first kappa shape index (κ1) is 31.3. The molecule has 2 fully saturated rings. The average Bonchev–Trinajstić information content (AvgIpc) is 2.95. The van der Waals surface area contributed by atoms with E-state index in [9.17, 15) is 0 Å². The normalized spacial score (nSPS) is 17.5. The zero-order chi connectivity index (χ0) is 26.8. The van der Waals surface area contributed by atoms with Crippen LogP contribution in [0.15, 0.2) is 60.7 Å². The Morgan fingerprint density at radius 2 is 1.29 bits per heavy atom. The summed E-state index contributed by atoms with van der Waals surface area (Å²) in [4.78, 5) is 7.86. The highest BCUT2D eigenvalue weighted by atomic mass is 79.9. The topological polar surface area (TPSA) is 19.0 Å². The number of hydrogen-bond donors (Lipinski definition) is 0. The summed E-state index contributed by atoms with van der Waals surface area (Å²) in [5, 5.41) is 1.03. The average molecular weight is 587 g/mol. The number of benzene rings is 2. The van der Waals surface area contributed by atoms with Crippen molar-refractivity contribution in [3.05, 3.63) is 71.8 Å². The molecule has 0 saturated carbocycles. The van der Waals surface area contributed by atoms with Gasteiger partial charge in [0.15, 0.2) is 0 Å². The Balaban J connectivity index is 0.000000256. The van der Waals surface area contributed by atoms with Crippen LogP contribution in [0.3, 0.4) is 0 Å². The molecule has 4 nitrogen and oxygen atoms in total. The maximum Gasteiger partial charge on any atom is 0.0478 e. The molecule has 2 aliphatic heterocycles. The molecule has 38 heavy (non-hydrogen) atoms. The Labute approximate surface area is 241 Å². The van der Waals surface area contributed by atoms with Crippen molar-refractivity contribution in [1.82, 2.24) is 14.7 Å². The van der Waals surface area contributed by atoms with Gasteiger partial charge in [-0.15, -0.1) is 0 Å². The van der Waals surface area contributed by atoms with E-state index in [1.165, 1.54) is 69.4 Å². The van der Waals surface area contributed by atoms with Gasteiger partial charge in [0.2, 0.25) is 0 Å². The second-order valence-corrected chi connectivity index (χ2v) is 11.9. The van der Waals surface area contributed by atoms with Crippen LogP contribution in [0.1, 0.15) is 69.9 Å². The third-order valence-electron chi connectivity index (χ3n) is 7.76. The van der Waals surface area contributed by atoms with Gasteiger partial charge < -0.3 is 4.74 Å². The Morgan fingerprint density at radius 3 is 1.82 bits per heavy atom.